The third-order valence-corrected chi connectivity index (χ3v) is 5.21. The monoisotopic (exact) mass is 437 g/mol. The lowest BCUT2D eigenvalue weighted by molar-refractivity contribution is 0.0937. The van der Waals surface area contributed by atoms with E-state index in [0.717, 1.165) is 0 Å². The molecule has 0 saturated carbocycles. The van der Waals surface area contributed by atoms with E-state index in [1.54, 1.807) is 43.5 Å². The summed E-state index contributed by atoms with van der Waals surface area (Å²) in [6.07, 6.45) is 0.603. The van der Waals surface area contributed by atoms with Crippen LogP contribution in [-0.2, 0) is 0 Å². The average Bonchev–Trinajstić information content (AvgIpc) is 3.13. The number of hydrogen-bond acceptors (Lipinski definition) is 5. The second-order valence-corrected chi connectivity index (χ2v) is 7.39. The molecule has 2 aromatic heterocycles. The fourth-order valence-electron chi connectivity index (χ4n) is 3.55. The molecule has 4 aromatic rings. The molecule has 0 fully saturated rings. The number of nitrogens with two attached hydrogens (primary N) is 1. The normalized spacial score (nSPS) is 12.1. The Kier molecular flexibility index (Phi) is 5.83. The van der Waals surface area contributed by atoms with E-state index in [0.29, 0.717) is 16.8 Å². The highest BCUT2D eigenvalue weighted by atomic mass is 19.1. The van der Waals surface area contributed by atoms with E-state index >= 15 is 4.39 Å². The van der Waals surface area contributed by atoms with Crippen molar-refractivity contribution in [3.8, 4) is 11.1 Å². The maximum absolute atomic E-state index is 15.4. The summed E-state index contributed by atoms with van der Waals surface area (Å²) in [5, 5.41) is 16.8. The highest BCUT2D eigenvalue weighted by Gasteiger charge is 2.20. The quantitative estimate of drug-likeness (QED) is 0.429. The lowest BCUT2D eigenvalue weighted by Gasteiger charge is -2.14. The van der Waals surface area contributed by atoms with Gasteiger partial charge in [-0.2, -0.15) is 4.98 Å². The van der Waals surface area contributed by atoms with Crippen LogP contribution in [0.15, 0.2) is 54.7 Å². The first-order valence-electron chi connectivity index (χ1n) is 9.97. The van der Waals surface area contributed by atoms with Gasteiger partial charge in [0.15, 0.2) is 5.65 Å². The molecule has 0 aliphatic rings. The molecule has 0 radical (unpaired) electrons. The summed E-state index contributed by atoms with van der Waals surface area (Å²) in [4.78, 5) is 16.8. The van der Waals surface area contributed by atoms with Crippen molar-refractivity contribution >= 4 is 17.5 Å². The molecule has 0 aliphatic carbocycles. The Morgan fingerprint density at radius 3 is 2.78 bits per heavy atom. The molecule has 32 heavy (non-hydrogen) atoms. The van der Waals surface area contributed by atoms with Gasteiger partial charge in [0, 0.05) is 23.9 Å². The minimum absolute atomic E-state index is 0.0441. The van der Waals surface area contributed by atoms with Crippen molar-refractivity contribution in [1.29, 1.82) is 0 Å². The molecular weight excluding hydrogens is 416 g/mol. The first-order valence-corrected chi connectivity index (χ1v) is 9.97. The molecule has 4 N–H and O–H groups in total. The standard InChI is InChI=1S/C23H21F2N5O2/c1-13-6-7-15(14-9-11-30-19(12-14)28-23(26)29-30)21(25)20(13)22(32)27-10-8-18(31)16-4-2-3-5-17(16)24/h2-7,9,11-12,18,31H,8,10H2,1H3,(H2,26,29)(H,27,32). The number of aliphatic hydroxyl groups is 1. The van der Waals surface area contributed by atoms with Gasteiger partial charge in [0.2, 0.25) is 5.95 Å². The number of nitrogen functional groups attached to an aromatic ring is 1. The Morgan fingerprint density at radius 1 is 1.22 bits per heavy atom. The zero-order valence-electron chi connectivity index (χ0n) is 17.2. The third-order valence-electron chi connectivity index (χ3n) is 5.21. The van der Waals surface area contributed by atoms with Gasteiger partial charge in [0.1, 0.15) is 11.6 Å². The van der Waals surface area contributed by atoms with Crippen LogP contribution in [0.25, 0.3) is 16.8 Å². The fraction of sp³-hybridized carbons (Fsp3) is 0.174. The lowest BCUT2D eigenvalue weighted by atomic mass is 9.98. The number of aromatic nitrogens is 3. The molecule has 9 heteroatoms. The smallest absolute Gasteiger partial charge is 0.254 e. The van der Waals surface area contributed by atoms with Gasteiger partial charge in [0.25, 0.3) is 5.91 Å². The van der Waals surface area contributed by atoms with Crippen molar-refractivity contribution in [3.63, 3.8) is 0 Å². The molecule has 0 saturated heterocycles. The summed E-state index contributed by atoms with van der Waals surface area (Å²) < 4.78 is 30.6. The van der Waals surface area contributed by atoms with Gasteiger partial charge in [-0.3, -0.25) is 4.79 Å². The van der Waals surface area contributed by atoms with Crippen molar-refractivity contribution in [2.45, 2.75) is 19.4 Å². The molecule has 1 unspecified atom stereocenters. The van der Waals surface area contributed by atoms with E-state index in [-0.39, 0.29) is 35.6 Å². The number of hydrogen-bond donors (Lipinski definition) is 3. The summed E-state index contributed by atoms with van der Waals surface area (Å²) >= 11 is 0. The van der Waals surface area contributed by atoms with Crippen molar-refractivity contribution in [1.82, 2.24) is 19.9 Å². The van der Waals surface area contributed by atoms with Crippen LogP contribution < -0.4 is 11.1 Å². The topological polar surface area (TPSA) is 106 Å². The Hall–Kier alpha value is -3.85. The fourth-order valence-corrected chi connectivity index (χ4v) is 3.55. The minimum atomic E-state index is -1.09. The molecule has 1 amide bonds. The van der Waals surface area contributed by atoms with Crippen LogP contribution in [0.2, 0.25) is 0 Å². The van der Waals surface area contributed by atoms with E-state index in [1.165, 1.54) is 22.7 Å². The molecule has 1 atom stereocenters. The predicted octanol–water partition coefficient (Wildman–Crippen LogP) is 3.42. The second-order valence-electron chi connectivity index (χ2n) is 7.39. The Bertz CT molecular complexity index is 1310. The molecule has 4 rings (SSSR count). The largest absolute Gasteiger partial charge is 0.388 e. The highest BCUT2D eigenvalue weighted by molar-refractivity contribution is 5.97. The molecule has 164 valence electrons. The maximum Gasteiger partial charge on any atom is 0.254 e. The number of carbonyl (C=O) groups is 1. The SMILES string of the molecule is Cc1ccc(-c2ccn3nc(N)nc3c2)c(F)c1C(=O)NCCC(O)c1ccccc1F. The molecule has 7 nitrogen and oxygen atoms in total. The summed E-state index contributed by atoms with van der Waals surface area (Å²) in [7, 11) is 0. The van der Waals surface area contributed by atoms with E-state index in [2.05, 4.69) is 15.4 Å². The lowest BCUT2D eigenvalue weighted by Crippen LogP contribution is -2.27. The number of pyridine rings is 1. The molecule has 0 bridgehead atoms. The summed E-state index contributed by atoms with van der Waals surface area (Å²) in [6.45, 7) is 1.68. The summed E-state index contributed by atoms with van der Waals surface area (Å²) in [5.41, 5.74) is 7.32. The highest BCUT2D eigenvalue weighted by Crippen LogP contribution is 2.28. The van der Waals surface area contributed by atoms with Crippen molar-refractivity contribution in [3.05, 3.63) is 83.1 Å². The number of aryl methyl sites for hydroxylation is 1. The van der Waals surface area contributed by atoms with Crippen molar-refractivity contribution in [2.24, 2.45) is 0 Å². The Balaban J connectivity index is 1.52. The maximum atomic E-state index is 15.4. The van der Waals surface area contributed by atoms with Crippen LogP contribution in [0.5, 0.6) is 0 Å². The number of carbonyl (C=O) groups excluding carboxylic acids is 1. The number of nitrogens with zero attached hydrogens (tertiary/aromatic N) is 3. The number of halogens is 2. The van der Waals surface area contributed by atoms with E-state index in [1.807, 2.05) is 0 Å². The zero-order chi connectivity index (χ0) is 22.8. The zero-order valence-corrected chi connectivity index (χ0v) is 17.2. The van der Waals surface area contributed by atoms with Gasteiger partial charge in [-0.05, 0) is 42.7 Å². The van der Waals surface area contributed by atoms with Gasteiger partial charge in [-0.25, -0.2) is 13.3 Å². The second kappa shape index (κ2) is 8.72. The van der Waals surface area contributed by atoms with Gasteiger partial charge in [-0.15, -0.1) is 5.10 Å². The first-order chi connectivity index (χ1) is 15.3. The molecule has 0 spiro atoms. The summed E-state index contributed by atoms with van der Waals surface area (Å²) in [5.74, 6) is -1.71. The van der Waals surface area contributed by atoms with Crippen molar-refractivity contribution in [2.75, 3.05) is 12.3 Å². The van der Waals surface area contributed by atoms with Crippen LogP contribution in [0.1, 0.15) is 34.0 Å². The Labute approximate surface area is 182 Å². The van der Waals surface area contributed by atoms with Gasteiger partial charge in [0.05, 0.1) is 11.7 Å². The van der Waals surface area contributed by atoms with E-state index in [9.17, 15) is 14.3 Å². The minimum Gasteiger partial charge on any atom is -0.388 e. The number of anilines is 1. The number of benzene rings is 2. The number of amides is 1. The van der Waals surface area contributed by atoms with Gasteiger partial charge >= 0.3 is 0 Å². The predicted molar refractivity (Wildman–Crippen MR) is 116 cm³/mol. The molecule has 0 aliphatic heterocycles. The average molecular weight is 437 g/mol. The number of fused-ring (bicyclic) bond motifs is 1. The van der Waals surface area contributed by atoms with Gasteiger partial charge in [-0.1, -0.05) is 30.3 Å². The van der Waals surface area contributed by atoms with Crippen LogP contribution in [-0.4, -0.2) is 32.2 Å². The number of aliphatic hydroxyl groups excluding tert-OH is 1. The van der Waals surface area contributed by atoms with Gasteiger partial charge < -0.3 is 16.2 Å². The van der Waals surface area contributed by atoms with E-state index in [4.69, 9.17) is 5.73 Å². The Morgan fingerprint density at radius 2 is 2.00 bits per heavy atom. The first kappa shape index (κ1) is 21.4. The molecular formula is C23H21F2N5O2. The number of rotatable bonds is 6. The van der Waals surface area contributed by atoms with Crippen LogP contribution in [0.3, 0.4) is 0 Å². The molecule has 2 heterocycles. The van der Waals surface area contributed by atoms with Crippen molar-refractivity contribution < 1.29 is 18.7 Å². The summed E-state index contributed by atoms with van der Waals surface area (Å²) in [6, 6.07) is 12.4. The third kappa shape index (κ3) is 4.15. The van der Waals surface area contributed by atoms with E-state index < -0.39 is 23.6 Å². The van der Waals surface area contributed by atoms with Crippen LogP contribution >= 0.6 is 0 Å². The van der Waals surface area contributed by atoms with Crippen LogP contribution in [0.4, 0.5) is 14.7 Å². The van der Waals surface area contributed by atoms with Crippen LogP contribution in [0, 0.1) is 18.6 Å². The number of nitrogens with one attached hydrogen (secondary N) is 1. The molecule has 2 aromatic carbocycles.